The standard InChI is InChI=1S/C25H30F3N7O2S/c1-17-5-4-6-20(11-17)31-22-12-18(2)21(13-19(22)14-29)23-16-35(10-9-34(23)8-7-25(26,27)28)38(36,37)24-15-30-33(3)32-24/h4-6,11-15,23,29,31H,7-10,16H2,1-3H3. The highest BCUT2D eigenvalue weighted by molar-refractivity contribution is 7.89. The average Bonchev–Trinajstić information content (AvgIpc) is 3.29. The van der Waals surface area contributed by atoms with E-state index in [1.807, 2.05) is 44.2 Å². The maximum Gasteiger partial charge on any atom is 0.390 e. The zero-order valence-corrected chi connectivity index (χ0v) is 22.1. The van der Waals surface area contributed by atoms with Gasteiger partial charge in [0, 0.05) is 62.4 Å². The van der Waals surface area contributed by atoms with Crippen LogP contribution < -0.4 is 5.32 Å². The summed E-state index contributed by atoms with van der Waals surface area (Å²) in [7, 11) is -2.49. The molecule has 2 N–H and O–H groups in total. The number of piperazine rings is 1. The minimum atomic E-state index is -4.34. The van der Waals surface area contributed by atoms with Gasteiger partial charge in [-0.05, 0) is 54.8 Å². The van der Waals surface area contributed by atoms with Crippen LogP contribution in [0.25, 0.3) is 0 Å². The maximum absolute atomic E-state index is 13.3. The summed E-state index contributed by atoms with van der Waals surface area (Å²) in [6.45, 7) is 3.62. The molecule has 4 rings (SSSR count). The van der Waals surface area contributed by atoms with Gasteiger partial charge in [-0.2, -0.15) is 27.4 Å². The fraction of sp³-hybridized carbons (Fsp3) is 0.400. The van der Waals surface area contributed by atoms with Crippen LogP contribution in [0.1, 0.15) is 34.7 Å². The molecule has 3 aromatic rings. The molecule has 204 valence electrons. The summed E-state index contributed by atoms with van der Waals surface area (Å²) in [6.07, 6.45) is -3.02. The monoisotopic (exact) mass is 549 g/mol. The van der Waals surface area contributed by atoms with Gasteiger partial charge in [0.05, 0.1) is 12.6 Å². The lowest BCUT2D eigenvalue weighted by atomic mass is 9.94. The summed E-state index contributed by atoms with van der Waals surface area (Å²) in [5, 5.41) is 18.9. The van der Waals surface area contributed by atoms with E-state index in [-0.39, 0.29) is 31.2 Å². The molecule has 0 amide bonds. The molecule has 1 fully saturated rings. The fourth-order valence-corrected chi connectivity index (χ4v) is 5.96. The van der Waals surface area contributed by atoms with Crippen LogP contribution in [0.2, 0.25) is 0 Å². The highest BCUT2D eigenvalue weighted by Crippen LogP contribution is 2.35. The number of rotatable bonds is 8. The molecule has 1 unspecified atom stereocenters. The molecule has 0 radical (unpaired) electrons. The van der Waals surface area contributed by atoms with Crippen LogP contribution in [0.5, 0.6) is 0 Å². The zero-order chi connectivity index (χ0) is 27.7. The Hall–Kier alpha value is -3.29. The second kappa shape index (κ2) is 10.8. The molecular weight excluding hydrogens is 519 g/mol. The van der Waals surface area contributed by atoms with E-state index in [0.717, 1.165) is 27.8 Å². The second-order valence-corrected chi connectivity index (χ2v) is 11.3. The van der Waals surface area contributed by atoms with Crippen molar-refractivity contribution in [2.75, 3.05) is 31.5 Å². The fourth-order valence-electron chi connectivity index (χ4n) is 4.63. The Bertz CT molecular complexity index is 1420. The largest absolute Gasteiger partial charge is 0.390 e. The first-order valence-electron chi connectivity index (χ1n) is 12.0. The van der Waals surface area contributed by atoms with E-state index in [4.69, 9.17) is 5.41 Å². The van der Waals surface area contributed by atoms with Gasteiger partial charge in [-0.3, -0.25) is 4.90 Å². The molecule has 0 aliphatic carbocycles. The molecule has 1 aromatic heterocycles. The van der Waals surface area contributed by atoms with Crippen molar-refractivity contribution in [2.24, 2.45) is 7.05 Å². The summed E-state index contributed by atoms with van der Waals surface area (Å²) in [4.78, 5) is 2.81. The van der Waals surface area contributed by atoms with Gasteiger partial charge in [0.1, 0.15) is 0 Å². The minimum absolute atomic E-state index is 0.0245. The second-order valence-electron chi connectivity index (χ2n) is 9.39. The van der Waals surface area contributed by atoms with Crippen LogP contribution in [0.3, 0.4) is 0 Å². The van der Waals surface area contributed by atoms with Crippen molar-refractivity contribution in [2.45, 2.75) is 37.5 Å². The number of nitrogens with one attached hydrogen (secondary N) is 2. The average molecular weight is 550 g/mol. The molecule has 9 nitrogen and oxygen atoms in total. The number of anilines is 2. The number of aromatic nitrogens is 3. The van der Waals surface area contributed by atoms with Crippen LogP contribution in [0, 0.1) is 19.3 Å². The number of aryl methyl sites for hydroxylation is 3. The van der Waals surface area contributed by atoms with Crippen LogP contribution >= 0.6 is 0 Å². The number of benzene rings is 2. The van der Waals surface area contributed by atoms with E-state index in [2.05, 4.69) is 15.5 Å². The highest BCUT2D eigenvalue weighted by atomic mass is 32.2. The van der Waals surface area contributed by atoms with Crippen molar-refractivity contribution in [3.63, 3.8) is 0 Å². The Kier molecular flexibility index (Phi) is 7.90. The lowest BCUT2D eigenvalue weighted by Gasteiger charge is -2.41. The normalized spacial score (nSPS) is 17.5. The van der Waals surface area contributed by atoms with Crippen molar-refractivity contribution in [3.05, 3.63) is 64.8 Å². The Morgan fingerprint density at radius 1 is 1.18 bits per heavy atom. The third-order valence-electron chi connectivity index (χ3n) is 6.57. The Labute approximate surface area is 219 Å². The summed E-state index contributed by atoms with van der Waals surface area (Å²) in [5.41, 5.74) is 4.55. The van der Waals surface area contributed by atoms with Crippen molar-refractivity contribution in [1.29, 1.82) is 5.41 Å². The minimum Gasteiger partial charge on any atom is -0.355 e. The van der Waals surface area contributed by atoms with Crippen LogP contribution in [-0.4, -0.2) is 71.2 Å². The van der Waals surface area contributed by atoms with Crippen molar-refractivity contribution in [1.82, 2.24) is 24.2 Å². The summed E-state index contributed by atoms with van der Waals surface area (Å²) < 4.78 is 67.1. The molecule has 1 saturated heterocycles. The topological polar surface area (TPSA) is 107 Å². The van der Waals surface area contributed by atoms with E-state index >= 15 is 0 Å². The maximum atomic E-state index is 13.3. The molecule has 1 aliphatic heterocycles. The quantitative estimate of drug-likeness (QED) is 0.409. The molecule has 0 spiro atoms. The van der Waals surface area contributed by atoms with E-state index in [1.165, 1.54) is 17.6 Å². The first kappa shape index (κ1) is 27.7. The molecule has 2 heterocycles. The first-order valence-corrected chi connectivity index (χ1v) is 13.5. The molecule has 13 heteroatoms. The Balaban J connectivity index is 1.70. The van der Waals surface area contributed by atoms with E-state index < -0.39 is 28.7 Å². The van der Waals surface area contributed by atoms with Crippen molar-refractivity contribution >= 4 is 27.6 Å². The predicted octanol–water partition coefficient (Wildman–Crippen LogP) is 4.17. The van der Waals surface area contributed by atoms with Crippen LogP contribution in [0.4, 0.5) is 24.5 Å². The number of alkyl halides is 3. The smallest absolute Gasteiger partial charge is 0.355 e. The van der Waals surface area contributed by atoms with Gasteiger partial charge < -0.3 is 10.7 Å². The van der Waals surface area contributed by atoms with Gasteiger partial charge in [0.2, 0.25) is 5.03 Å². The van der Waals surface area contributed by atoms with Crippen LogP contribution in [0.15, 0.2) is 47.6 Å². The molecule has 38 heavy (non-hydrogen) atoms. The summed E-state index contributed by atoms with van der Waals surface area (Å²) in [6, 6.07) is 10.7. The molecule has 1 aliphatic rings. The molecule has 1 atom stereocenters. The highest BCUT2D eigenvalue weighted by Gasteiger charge is 2.38. The molecule has 0 bridgehead atoms. The zero-order valence-electron chi connectivity index (χ0n) is 21.3. The van der Waals surface area contributed by atoms with Crippen molar-refractivity contribution in [3.8, 4) is 0 Å². The first-order chi connectivity index (χ1) is 17.9. The third-order valence-corrected chi connectivity index (χ3v) is 8.30. The predicted molar refractivity (Wildman–Crippen MR) is 138 cm³/mol. The van der Waals surface area contributed by atoms with Gasteiger partial charge >= 0.3 is 6.18 Å². The number of hydrogen-bond donors (Lipinski definition) is 2. The van der Waals surface area contributed by atoms with E-state index in [1.54, 1.807) is 11.0 Å². The molecule has 0 saturated carbocycles. The Morgan fingerprint density at radius 2 is 1.95 bits per heavy atom. The van der Waals surface area contributed by atoms with Gasteiger partial charge in [-0.1, -0.05) is 12.1 Å². The number of nitrogens with zero attached hydrogens (tertiary/aromatic N) is 5. The van der Waals surface area contributed by atoms with Crippen LogP contribution in [-0.2, 0) is 17.1 Å². The number of sulfonamides is 1. The van der Waals surface area contributed by atoms with Gasteiger partial charge in [-0.25, -0.2) is 8.42 Å². The summed E-state index contributed by atoms with van der Waals surface area (Å²) >= 11 is 0. The third kappa shape index (κ3) is 6.22. The Morgan fingerprint density at radius 3 is 2.58 bits per heavy atom. The molecule has 2 aromatic carbocycles. The van der Waals surface area contributed by atoms with E-state index in [0.29, 0.717) is 16.8 Å². The van der Waals surface area contributed by atoms with Gasteiger partial charge in [0.25, 0.3) is 10.0 Å². The SMILES string of the molecule is Cc1cccc(Nc2cc(C)c(C3CN(S(=O)(=O)c4cnn(C)n4)CCN3CCC(F)(F)F)cc2C=N)c1. The van der Waals surface area contributed by atoms with Crippen molar-refractivity contribution < 1.29 is 21.6 Å². The molecular formula is C25H30F3N7O2S. The number of halogens is 3. The van der Waals surface area contributed by atoms with Gasteiger partial charge in [-0.15, -0.1) is 5.10 Å². The number of hydrogen-bond acceptors (Lipinski definition) is 7. The van der Waals surface area contributed by atoms with E-state index in [9.17, 15) is 21.6 Å². The van der Waals surface area contributed by atoms with Gasteiger partial charge in [0.15, 0.2) is 0 Å². The lowest BCUT2D eigenvalue weighted by molar-refractivity contribution is -0.140. The lowest BCUT2D eigenvalue weighted by Crippen LogP contribution is -2.51. The summed E-state index contributed by atoms with van der Waals surface area (Å²) in [5.74, 6) is 0.